The van der Waals surface area contributed by atoms with Crippen molar-refractivity contribution in [3.8, 4) is 22.6 Å². The summed E-state index contributed by atoms with van der Waals surface area (Å²) in [5.41, 5.74) is 4.01. The lowest BCUT2D eigenvalue weighted by molar-refractivity contribution is -0.115. The number of nitrogens with one attached hydrogen (secondary N) is 2. The molecule has 0 aliphatic rings. The number of amides is 2. The molecule has 0 saturated carbocycles. The fourth-order valence-corrected chi connectivity index (χ4v) is 3.02. The molecule has 0 heterocycles. The van der Waals surface area contributed by atoms with Crippen LogP contribution in [0.3, 0.4) is 0 Å². The average Bonchev–Trinajstić information content (AvgIpc) is 2.79. The maximum atomic E-state index is 12.4. The van der Waals surface area contributed by atoms with E-state index in [1.165, 1.54) is 7.11 Å². The molecule has 30 heavy (non-hydrogen) atoms. The van der Waals surface area contributed by atoms with Crippen LogP contribution in [0.5, 0.6) is 11.5 Å². The highest BCUT2D eigenvalue weighted by atomic mass is 16.5. The molecule has 2 N–H and O–H groups in total. The molecule has 6 heteroatoms. The summed E-state index contributed by atoms with van der Waals surface area (Å²) in [6.45, 7) is 1.71. The van der Waals surface area contributed by atoms with Gasteiger partial charge in [0.15, 0.2) is 11.5 Å². The summed E-state index contributed by atoms with van der Waals surface area (Å²) >= 11 is 0. The molecule has 3 aromatic carbocycles. The van der Waals surface area contributed by atoms with Crippen LogP contribution in [-0.4, -0.2) is 32.6 Å². The summed E-state index contributed by atoms with van der Waals surface area (Å²) in [6.07, 6.45) is 0. The number of carbonyl (C=O) groups is 2. The van der Waals surface area contributed by atoms with Crippen LogP contribution in [0, 0.1) is 6.92 Å². The number of aryl methyl sites for hydroxylation is 1. The maximum absolute atomic E-state index is 12.4. The third-order valence-electron chi connectivity index (χ3n) is 4.67. The van der Waals surface area contributed by atoms with Gasteiger partial charge in [-0.25, -0.2) is 0 Å². The molecule has 0 spiro atoms. The van der Waals surface area contributed by atoms with Crippen molar-refractivity contribution < 1.29 is 19.1 Å². The molecule has 3 rings (SSSR count). The van der Waals surface area contributed by atoms with Crippen LogP contribution in [0.1, 0.15) is 15.9 Å². The molecule has 0 saturated heterocycles. The van der Waals surface area contributed by atoms with Gasteiger partial charge in [0.1, 0.15) is 0 Å². The molecular weight excluding hydrogens is 380 g/mol. The molecule has 3 aromatic rings. The Labute approximate surface area is 175 Å². The molecule has 0 unspecified atom stereocenters. The normalized spacial score (nSPS) is 10.2. The summed E-state index contributed by atoms with van der Waals surface area (Å²) < 4.78 is 10.5. The molecule has 0 fully saturated rings. The van der Waals surface area contributed by atoms with Gasteiger partial charge < -0.3 is 20.1 Å². The Kier molecular flexibility index (Phi) is 6.70. The van der Waals surface area contributed by atoms with Gasteiger partial charge in [0, 0.05) is 17.3 Å². The minimum atomic E-state index is -0.334. The van der Waals surface area contributed by atoms with Gasteiger partial charge in [-0.3, -0.25) is 9.59 Å². The van der Waals surface area contributed by atoms with Gasteiger partial charge in [-0.15, -0.1) is 0 Å². The van der Waals surface area contributed by atoms with Crippen LogP contribution < -0.4 is 20.1 Å². The Balaban J connectivity index is 1.59. The zero-order valence-corrected chi connectivity index (χ0v) is 17.2. The van der Waals surface area contributed by atoms with Crippen LogP contribution in [-0.2, 0) is 4.79 Å². The third kappa shape index (κ3) is 4.97. The highest BCUT2D eigenvalue weighted by Crippen LogP contribution is 2.32. The minimum Gasteiger partial charge on any atom is -0.493 e. The standard InChI is InChI=1S/C24H24N2O4/c1-16-13-21(29-2)22(30-3)14-20(16)26-23(27)15-25-24(28)19-11-9-18(10-12-19)17-7-5-4-6-8-17/h4-14H,15H2,1-3H3,(H,25,28)(H,26,27). The second-order valence-corrected chi connectivity index (χ2v) is 6.70. The van der Waals surface area contributed by atoms with E-state index in [1.54, 1.807) is 31.4 Å². The van der Waals surface area contributed by atoms with E-state index >= 15 is 0 Å². The Morgan fingerprint density at radius 3 is 2.07 bits per heavy atom. The van der Waals surface area contributed by atoms with E-state index in [1.807, 2.05) is 49.4 Å². The molecule has 6 nitrogen and oxygen atoms in total. The van der Waals surface area contributed by atoms with E-state index in [2.05, 4.69) is 10.6 Å². The van der Waals surface area contributed by atoms with Gasteiger partial charge in [0.25, 0.3) is 5.91 Å². The Morgan fingerprint density at radius 2 is 1.43 bits per heavy atom. The fraction of sp³-hybridized carbons (Fsp3) is 0.167. The molecule has 0 aliphatic heterocycles. The van der Waals surface area contributed by atoms with Gasteiger partial charge in [-0.2, -0.15) is 0 Å². The summed E-state index contributed by atoms with van der Waals surface area (Å²) in [5, 5.41) is 5.43. The van der Waals surface area contributed by atoms with E-state index in [-0.39, 0.29) is 18.4 Å². The zero-order chi connectivity index (χ0) is 21.5. The number of ether oxygens (including phenoxy) is 2. The van der Waals surface area contributed by atoms with Crippen molar-refractivity contribution in [2.45, 2.75) is 6.92 Å². The summed E-state index contributed by atoms with van der Waals surface area (Å²) in [4.78, 5) is 24.7. The predicted octanol–water partition coefficient (Wildman–Crippen LogP) is 4.05. The van der Waals surface area contributed by atoms with E-state index < -0.39 is 0 Å². The molecule has 0 aromatic heterocycles. The third-order valence-corrected chi connectivity index (χ3v) is 4.67. The molecule has 0 atom stereocenters. The van der Waals surface area contributed by atoms with E-state index in [0.717, 1.165) is 16.7 Å². The van der Waals surface area contributed by atoms with Crippen molar-refractivity contribution >= 4 is 17.5 Å². The first-order valence-electron chi connectivity index (χ1n) is 9.48. The van der Waals surface area contributed by atoms with E-state index in [0.29, 0.717) is 22.7 Å². The maximum Gasteiger partial charge on any atom is 0.251 e. The van der Waals surface area contributed by atoms with Gasteiger partial charge in [0.2, 0.25) is 5.91 Å². The number of rotatable bonds is 7. The lowest BCUT2D eigenvalue weighted by atomic mass is 10.0. The van der Waals surface area contributed by atoms with Crippen LogP contribution >= 0.6 is 0 Å². The summed E-state index contributed by atoms with van der Waals surface area (Å²) in [7, 11) is 3.08. The summed E-state index contributed by atoms with van der Waals surface area (Å²) in [5.74, 6) is 0.453. The predicted molar refractivity (Wildman–Crippen MR) is 117 cm³/mol. The highest BCUT2D eigenvalue weighted by Gasteiger charge is 2.12. The number of hydrogen-bond acceptors (Lipinski definition) is 4. The first-order chi connectivity index (χ1) is 14.5. The van der Waals surface area contributed by atoms with Crippen LogP contribution in [0.4, 0.5) is 5.69 Å². The number of methoxy groups -OCH3 is 2. The lowest BCUT2D eigenvalue weighted by Gasteiger charge is -2.14. The quantitative estimate of drug-likeness (QED) is 0.623. The second-order valence-electron chi connectivity index (χ2n) is 6.70. The second kappa shape index (κ2) is 9.60. The molecule has 154 valence electrons. The van der Waals surface area contributed by atoms with E-state index in [9.17, 15) is 9.59 Å². The van der Waals surface area contributed by atoms with Crippen LogP contribution in [0.15, 0.2) is 66.7 Å². The Morgan fingerprint density at radius 1 is 0.833 bits per heavy atom. The highest BCUT2D eigenvalue weighted by molar-refractivity contribution is 6.00. The molecule has 0 bridgehead atoms. The van der Waals surface area contributed by atoms with Crippen molar-refractivity contribution in [3.05, 3.63) is 77.9 Å². The first-order valence-corrected chi connectivity index (χ1v) is 9.48. The van der Waals surface area contributed by atoms with Crippen molar-refractivity contribution in [1.29, 1.82) is 0 Å². The number of carbonyl (C=O) groups excluding carboxylic acids is 2. The minimum absolute atomic E-state index is 0.146. The van der Waals surface area contributed by atoms with Crippen molar-refractivity contribution in [1.82, 2.24) is 5.32 Å². The summed E-state index contributed by atoms with van der Waals surface area (Å²) in [6, 6.07) is 20.6. The number of hydrogen-bond donors (Lipinski definition) is 2. The van der Waals surface area contributed by atoms with Gasteiger partial charge >= 0.3 is 0 Å². The zero-order valence-electron chi connectivity index (χ0n) is 17.2. The monoisotopic (exact) mass is 404 g/mol. The van der Waals surface area contributed by atoms with Crippen LogP contribution in [0.2, 0.25) is 0 Å². The molecule has 0 aliphatic carbocycles. The molecule has 0 radical (unpaired) electrons. The lowest BCUT2D eigenvalue weighted by Crippen LogP contribution is -2.33. The van der Waals surface area contributed by atoms with Crippen molar-refractivity contribution in [2.75, 3.05) is 26.1 Å². The Bertz CT molecular complexity index is 1030. The average molecular weight is 404 g/mol. The Hall–Kier alpha value is -3.80. The van der Waals surface area contributed by atoms with Crippen molar-refractivity contribution in [3.63, 3.8) is 0 Å². The van der Waals surface area contributed by atoms with Crippen molar-refractivity contribution in [2.24, 2.45) is 0 Å². The smallest absolute Gasteiger partial charge is 0.251 e. The van der Waals surface area contributed by atoms with Gasteiger partial charge in [-0.1, -0.05) is 42.5 Å². The van der Waals surface area contributed by atoms with Crippen LogP contribution in [0.25, 0.3) is 11.1 Å². The molecule has 2 amide bonds. The largest absolute Gasteiger partial charge is 0.493 e. The topological polar surface area (TPSA) is 76.7 Å². The van der Waals surface area contributed by atoms with Gasteiger partial charge in [0.05, 0.1) is 20.8 Å². The van der Waals surface area contributed by atoms with E-state index in [4.69, 9.17) is 9.47 Å². The van der Waals surface area contributed by atoms with Gasteiger partial charge in [-0.05, 0) is 41.8 Å². The fourth-order valence-electron chi connectivity index (χ4n) is 3.02. The SMILES string of the molecule is COc1cc(C)c(NC(=O)CNC(=O)c2ccc(-c3ccccc3)cc2)cc1OC. The first kappa shape index (κ1) is 20.9. The molecular formula is C24H24N2O4. The number of benzene rings is 3. The number of anilines is 1.